The fraction of sp³-hybridized carbons (Fsp3) is 0.0870. The van der Waals surface area contributed by atoms with Crippen molar-refractivity contribution in [2.24, 2.45) is 5.10 Å². The highest BCUT2D eigenvalue weighted by Gasteiger charge is 2.12. The molecule has 0 aliphatic rings. The molecule has 0 aliphatic heterocycles. The third-order valence-electron chi connectivity index (χ3n) is 4.55. The van der Waals surface area contributed by atoms with Gasteiger partial charge in [0.05, 0.1) is 17.8 Å². The van der Waals surface area contributed by atoms with Gasteiger partial charge in [0.2, 0.25) is 4.77 Å². The molecule has 3 aromatic carbocycles. The predicted octanol–water partition coefficient (Wildman–Crippen LogP) is 6.49. The molecule has 1 heterocycles. The lowest BCUT2D eigenvalue weighted by molar-refractivity contribution is 0.282. The third-order valence-corrected chi connectivity index (χ3v) is 5.66. The number of methoxy groups -OCH3 is 1. The maximum absolute atomic E-state index is 5.99. The maximum atomic E-state index is 5.99. The molecule has 0 atom stereocenters. The Morgan fingerprint density at radius 3 is 2.62 bits per heavy atom. The first-order valence-electron chi connectivity index (χ1n) is 9.57. The first-order chi connectivity index (χ1) is 15.5. The molecule has 0 spiro atoms. The van der Waals surface area contributed by atoms with Crippen LogP contribution >= 0.6 is 39.7 Å². The van der Waals surface area contributed by atoms with E-state index in [4.69, 9.17) is 33.3 Å². The molecular weight excluding hydrogens is 512 g/mol. The summed E-state index contributed by atoms with van der Waals surface area (Å²) >= 11 is 14.9. The molecule has 9 heteroatoms. The summed E-state index contributed by atoms with van der Waals surface area (Å²) in [6.45, 7) is 0.379. The van der Waals surface area contributed by atoms with Crippen molar-refractivity contribution in [1.29, 1.82) is 0 Å². The van der Waals surface area contributed by atoms with Crippen LogP contribution in [0.2, 0.25) is 5.02 Å². The molecule has 0 unspecified atom stereocenters. The second-order valence-electron chi connectivity index (χ2n) is 6.72. The van der Waals surface area contributed by atoms with Crippen LogP contribution in [0.5, 0.6) is 11.5 Å². The molecule has 6 nitrogen and oxygen atoms in total. The Kier molecular flexibility index (Phi) is 7.04. The van der Waals surface area contributed by atoms with Gasteiger partial charge in [0, 0.05) is 10.6 Å². The minimum atomic E-state index is 0.379. The molecule has 0 aliphatic carbocycles. The standard InChI is InChI=1S/C23H18BrClN4O2S/c1-30-20-12-16(11-19(24)21(20)31-14-15-7-9-18(25)10-8-15)13-26-29-22(27-28-23(29)32)17-5-3-2-4-6-17/h2-13H,14H2,1H3,(H,28,32)/b26-13-. The van der Waals surface area contributed by atoms with Crippen molar-refractivity contribution in [2.75, 3.05) is 7.11 Å². The molecule has 0 radical (unpaired) electrons. The summed E-state index contributed by atoms with van der Waals surface area (Å²) in [5, 5.41) is 12.3. The van der Waals surface area contributed by atoms with E-state index in [9.17, 15) is 0 Å². The highest BCUT2D eigenvalue weighted by molar-refractivity contribution is 9.10. The van der Waals surface area contributed by atoms with Crippen LogP contribution in [-0.2, 0) is 6.61 Å². The molecule has 4 aromatic rings. The van der Waals surface area contributed by atoms with Gasteiger partial charge in [0.1, 0.15) is 6.61 Å². The number of nitrogens with zero attached hydrogens (tertiary/aromatic N) is 3. The lowest BCUT2D eigenvalue weighted by Crippen LogP contribution is -2.00. The van der Waals surface area contributed by atoms with Gasteiger partial charge in [-0.2, -0.15) is 14.9 Å². The number of ether oxygens (including phenoxy) is 2. The fourth-order valence-electron chi connectivity index (χ4n) is 2.99. The van der Waals surface area contributed by atoms with Crippen molar-refractivity contribution in [3.63, 3.8) is 0 Å². The van der Waals surface area contributed by atoms with Crippen molar-refractivity contribution in [2.45, 2.75) is 6.61 Å². The Bertz CT molecular complexity index is 1300. The van der Waals surface area contributed by atoms with Gasteiger partial charge in [-0.25, -0.2) is 5.10 Å². The van der Waals surface area contributed by atoms with Crippen molar-refractivity contribution >= 4 is 46.0 Å². The van der Waals surface area contributed by atoms with Crippen molar-refractivity contribution in [1.82, 2.24) is 14.9 Å². The maximum Gasteiger partial charge on any atom is 0.216 e. The van der Waals surface area contributed by atoms with Gasteiger partial charge in [-0.15, -0.1) is 0 Å². The van der Waals surface area contributed by atoms with Gasteiger partial charge in [0.25, 0.3) is 0 Å². The Morgan fingerprint density at radius 2 is 1.91 bits per heavy atom. The van der Waals surface area contributed by atoms with E-state index in [1.54, 1.807) is 18.0 Å². The molecular formula is C23H18BrClN4O2S. The zero-order valence-electron chi connectivity index (χ0n) is 17.0. The van der Waals surface area contributed by atoms with Gasteiger partial charge in [-0.05, 0) is 63.5 Å². The summed E-state index contributed by atoms with van der Waals surface area (Å²) in [4.78, 5) is 0. The number of aromatic amines is 1. The number of H-pyrrole nitrogens is 1. The lowest BCUT2D eigenvalue weighted by Gasteiger charge is -2.13. The van der Waals surface area contributed by atoms with Crippen LogP contribution < -0.4 is 9.47 Å². The van der Waals surface area contributed by atoms with Crippen LogP contribution in [-0.4, -0.2) is 28.2 Å². The number of halogens is 2. The van der Waals surface area contributed by atoms with Crippen LogP contribution in [0.15, 0.2) is 76.3 Å². The van der Waals surface area contributed by atoms with Crippen molar-refractivity contribution in [3.05, 3.63) is 92.1 Å². The van der Waals surface area contributed by atoms with Gasteiger partial charge in [0.15, 0.2) is 17.3 Å². The Labute approximate surface area is 203 Å². The summed E-state index contributed by atoms with van der Waals surface area (Å²) in [6, 6.07) is 21.0. The largest absolute Gasteiger partial charge is 0.493 e. The van der Waals surface area contributed by atoms with Crippen LogP contribution in [0.3, 0.4) is 0 Å². The van der Waals surface area contributed by atoms with Crippen molar-refractivity contribution < 1.29 is 9.47 Å². The molecule has 32 heavy (non-hydrogen) atoms. The molecule has 0 amide bonds. The molecule has 0 fully saturated rings. The summed E-state index contributed by atoms with van der Waals surface area (Å²) in [7, 11) is 1.59. The summed E-state index contributed by atoms with van der Waals surface area (Å²) in [6.07, 6.45) is 1.69. The highest BCUT2D eigenvalue weighted by Crippen LogP contribution is 2.37. The molecule has 1 aromatic heterocycles. The predicted molar refractivity (Wildman–Crippen MR) is 132 cm³/mol. The second-order valence-corrected chi connectivity index (χ2v) is 8.40. The van der Waals surface area contributed by atoms with E-state index in [0.29, 0.717) is 33.7 Å². The normalized spacial score (nSPS) is 11.1. The number of nitrogens with one attached hydrogen (secondary N) is 1. The summed E-state index contributed by atoms with van der Waals surface area (Å²) in [5.41, 5.74) is 2.70. The van der Waals surface area contributed by atoms with E-state index in [2.05, 4.69) is 31.2 Å². The van der Waals surface area contributed by atoms with E-state index in [1.165, 1.54) is 0 Å². The van der Waals surface area contributed by atoms with Gasteiger partial charge >= 0.3 is 0 Å². The zero-order valence-corrected chi connectivity index (χ0v) is 20.1. The molecule has 0 saturated heterocycles. The summed E-state index contributed by atoms with van der Waals surface area (Å²) in [5.74, 6) is 1.80. The highest BCUT2D eigenvalue weighted by atomic mass is 79.9. The van der Waals surface area contributed by atoms with Crippen LogP contribution in [0.25, 0.3) is 11.4 Å². The minimum absolute atomic E-state index is 0.379. The molecule has 0 saturated carbocycles. The fourth-order valence-corrected chi connectivity index (χ4v) is 3.87. The number of aromatic nitrogens is 3. The summed E-state index contributed by atoms with van der Waals surface area (Å²) < 4.78 is 14.3. The third kappa shape index (κ3) is 5.09. The van der Waals surface area contributed by atoms with Crippen LogP contribution in [0.1, 0.15) is 11.1 Å². The van der Waals surface area contributed by atoms with Gasteiger partial charge < -0.3 is 9.47 Å². The Balaban J connectivity index is 1.59. The van der Waals surface area contributed by atoms with Gasteiger partial charge in [-0.1, -0.05) is 54.1 Å². The number of rotatable bonds is 7. The quantitative estimate of drug-likeness (QED) is 0.219. The molecule has 162 valence electrons. The van der Waals surface area contributed by atoms with E-state index in [-0.39, 0.29) is 0 Å². The Morgan fingerprint density at radius 1 is 1.16 bits per heavy atom. The minimum Gasteiger partial charge on any atom is -0.493 e. The molecule has 4 rings (SSSR count). The first kappa shape index (κ1) is 22.3. The smallest absolute Gasteiger partial charge is 0.216 e. The van der Waals surface area contributed by atoms with E-state index in [1.807, 2.05) is 66.7 Å². The molecule has 0 bridgehead atoms. The van der Waals surface area contributed by atoms with Gasteiger partial charge in [-0.3, -0.25) is 0 Å². The van der Waals surface area contributed by atoms with Crippen LogP contribution in [0.4, 0.5) is 0 Å². The monoisotopic (exact) mass is 528 g/mol. The van der Waals surface area contributed by atoms with Crippen LogP contribution in [0, 0.1) is 4.77 Å². The topological polar surface area (TPSA) is 64.4 Å². The SMILES string of the molecule is COc1cc(/C=N\n2c(-c3ccccc3)n[nH]c2=S)cc(Br)c1OCc1ccc(Cl)cc1. The van der Waals surface area contributed by atoms with E-state index >= 15 is 0 Å². The first-order valence-corrected chi connectivity index (χ1v) is 11.1. The van der Waals surface area contributed by atoms with E-state index < -0.39 is 0 Å². The number of benzene rings is 3. The average molecular weight is 530 g/mol. The molecule has 1 N–H and O–H groups in total. The lowest BCUT2D eigenvalue weighted by atomic mass is 10.2. The Hall–Kier alpha value is -2.94. The van der Waals surface area contributed by atoms with Crippen molar-refractivity contribution in [3.8, 4) is 22.9 Å². The number of hydrogen-bond acceptors (Lipinski definition) is 5. The zero-order chi connectivity index (χ0) is 22.5. The van der Waals surface area contributed by atoms with E-state index in [0.717, 1.165) is 21.2 Å². The number of hydrogen-bond donors (Lipinski definition) is 1. The average Bonchev–Trinajstić information content (AvgIpc) is 3.18. The second kappa shape index (κ2) is 10.1.